The normalized spacial score (nSPS) is 10.4. The summed E-state index contributed by atoms with van der Waals surface area (Å²) in [6.07, 6.45) is 0. The lowest BCUT2D eigenvalue weighted by Crippen LogP contribution is -2.13. The van der Waals surface area contributed by atoms with E-state index in [1.54, 1.807) is 36.4 Å². The number of carbonyl (C=O) groups is 1. The number of amides is 1. The molecule has 0 bridgehead atoms. The summed E-state index contributed by atoms with van der Waals surface area (Å²) in [5.74, 6) is 1.87. The molecular weight excluding hydrogens is 329 g/mol. The molecule has 0 radical (unpaired) electrons. The Morgan fingerprint density at radius 2 is 1.76 bits per heavy atom. The molecule has 21 heavy (non-hydrogen) atoms. The zero-order valence-corrected chi connectivity index (χ0v) is 13.3. The number of hydrogen-bond acceptors (Lipinski definition) is 3. The second-order valence-electron chi connectivity index (χ2n) is 4.27. The van der Waals surface area contributed by atoms with E-state index in [-0.39, 0.29) is 11.7 Å². The number of ether oxygens (including phenoxy) is 1. The SMILES string of the molecule is NC(=O)CSCc1ccc(Cl)cc1Oc1ccc(Cl)cc1. The lowest BCUT2D eigenvalue weighted by Gasteiger charge is -2.11. The Morgan fingerprint density at radius 3 is 2.43 bits per heavy atom. The van der Waals surface area contributed by atoms with Crippen molar-refractivity contribution < 1.29 is 9.53 Å². The molecule has 0 aliphatic rings. The third kappa shape index (κ3) is 5.16. The minimum atomic E-state index is -0.339. The van der Waals surface area contributed by atoms with E-state index in [1.165, 1.54) is 11.8 Å². The average Bonchev–Trinajstić information content (AvgIpc) is 2.43. The van der Waals surface area contributed by atoms with E-state index in [9.17, 15) is 4.79 Å². The minimum absolute atomic E-state index is 0.267. The van der Waals surface area contributed by atoms with Crippen molar-refractivity contribution in [1.82, 2.24) is 0 Å². The van der Waals surface area contributed by atoms with Crippen molar-refractivity contribution in [3.63, 3.8) is 0 Å². The minimum Gasteiger partial charge on any atom is -0.457 e. The molecule has 6 heteroatoms. The van der Waals surface area contributed by atoms with Crippen LogP contribution in [-0.2, 0) is 10.5 Å². The molecule has 0 saturated carbocycles. The molecular formula is C15H13Cl2NO2S. The molecule has 0 unspecified atom stereocenters. The van der Waals surface area contributed by atoms with Crippen molar-refractivity contribution in [2.75, 3.05) is 5.75 Å². The van der Waals surface area contributed by atoms with E-state index in [0.29, 0.717) is 27.3 Å². The van der Waals surface area contributed by atoms with Gasteiger partial charge in [0.25, 0.3) is 0 Å². The number of halogens is 2. The van der Waals surface area contributed by atoms with Crippen molar-refractivity contribution in [3.05, 3.63) is 58.1 Å². The molecule has 0 atom stereocenters. The summed E-state index contributed by atoms with van der Waals surface area (Å²) in [5.41, 5.74) is 6.08. The fraction of sp³-hybridized carbons (Fsp3) is 0.133. The largest absolute Gasteiger partial charge is 0.457 e. The molecule has 2 rings (SSSR count). The lowest BCUT2D eigenvalue weighted by molar-refractivity contribution is -0.115. The number of primary amides is 1. The maximum absolute atomic E-state index is 10.8. The molecule has 2 aromatic rings. The monoisotopic (exact) mass is 341 g/mol. The van der Waals surface area contributed by atoms with Gasteiger partial charge < -0.3 is 10.5 Å². The maximum Gasteiger partial charge on any atom is 0.227 e. The number of nitrogens with two attached hydrogens (primary N) is 1. The molecule has 3 nitrogen and oxygen atoms in total. The first kappa shape index (κ1) is 16.0. The molecule has 2 aromatic carbocycles. The molecule has 2 N–H and O–H groups in total. The quantitative estimate of drug-likeness (QED) is 0.841. The second kappa shape index (κ2) is 7.59. The predicted molar refractivity (Wildman–Crippen MR) is 88.3 cm³/mol. The zero-order chi connectivity index (χ0) is 15.2. The molecule has 110 valence electrons. The standard InChI is InChI=1S/C15H13Cl2NO2S/c16-11-3-5-13(6-4-11)20-14-7-12(17)2-1-10(14)8-21-9-15(18)19/h1-7H,8-9H2,(H2,18,19). The number of hydrogen-bond donors (Lipinski definition) is 1. The molecule has 0 fully saturated rings. The first-order chi connectivity index (χ1) is 10.0. The van der Waals surface area contributed by atoms with Crippen molar-refractivity contribution in [1.29, 1.82) is 0 Å². The van der Waals surface area contributed by atoms with E-state index >= 15 is 0 Å². The van der Waals surface area contributed by atoms with E-state index < -0.39 is 0 Å². The van der Waals surface area contributed by atoms with Gasteiger partial charge >= 0.3 is 0 Å². The van der Waals surface area contributed by atoms with Crippen LogP contribution in [0.25, 0.3) is 0 Å². The highest BCUT2D eigenvalue weighted by molar-refractivity contribution is 7.99. The van der Waals surface area contributed by atoms with E-state index in [0.717, 1.165) is 5.56 Å². The van der Waals surface area contributed by atoms with Crippen LogP contribution >= 0.6 is 35.0 Å². The Labute approximate surface area is 137 Å². The van der Waals surface area contributed by atoms with E-state index in [2.05, 4.69) is 0 Å². The van der Waals surface area contributed by atoms with Gasteiger partial charge in [0.15, 0.2) is 0 Å². The molecule has 0 spiro atoms. The Kier molecular flexibility index (Phi) is 5.79. The highest BCUT2D eigenvalue weighted by Crippen LogP contribution is 2.31. The van der Waals surface area contributed by atoms with Crippen LogP contribution in [0.15, 0.2) is 42.5 Å². The van der Waals surface area contributed by atoms with Crippen molar-refractivity contribution in [3.8, 4) is 11.5 Å². The summed E-state index contributed by atoms with van der Waals surface area (Å²) in [6.45, 7) is 0. The van der Waals surface area contributed by atoms with Gasteiger partial charge in [0.05, 0.1) is 5.75 Å². The summed E-state index contributed by atoms with van der Waals surface area (Å²) < 4.78 is 5.83. The van der Waals surface area contributed by atoms with Crippen molar-refractivity contribution >= 4 is 40.9 Å². The van der Waals surface area contributed by atoms with Gasteiger partial charge in [-0.3, -0.25) is 4.79 Å². The van der Waals surface area contributed by atoms with Gasteiger partial charge in [0.1, 0.15) is 11.5 Å². The second-order valence-corrected chi connectivity index (χ2v) is 6.13. The molecule has 0 aliphatic carbocycles. The summed E-state index contributed by atoms with van der Waals surface area (Å²) in [6, 6.07) is 12.5. The Balaban J connectivity index is 2.14. The Morgan fingerprint density at radius 1 is 1.10 bits per heavy atom. The van der Waals surface area contributed by atoms with Gasteiger partial charge in [0, 0.05) is 21.4 Å². The van der Waals surface area contributed by atoms with Crippen LogP contribution in [0.3, 0.4) is 0 Å². The maximum atomic E-state index is 10.8. The van der Waals surface area contributed by atoms with Gasteiger partial charge in [-0.25, -0.2) is 0 Å². The predicted octanol–water partition coefficient (Wildman–Crippen LogP) is 4.50. The third-order valence-electron chi connectivity index (χ3n) is 2.57. The average molecular weight is 342 g/mol. The zero-order valence-electron chi connectivity index (χ0n) is 11.0. The molecule has 0 saturated heterocycles. The van der Waals surface area contributed by atoms with Crippen molar-refractivity contribution in [2.45, 2.75) is 5.75 Å². The summed E-state index contributed by atoms with van der Waals surface area (Å²) in [4.78, 5) is 10.8. The van der Waals surface area contributed by atoms with Gasteiger partial charge in [0.2, 0.25) is 5.91 Å². The number of rotatable bonds is 6. The van der Waals surface area contributed by atoms with Gasteiger partial charge in [-0.2, -0.15) is 0 Å². The van der Waals surface area contributed by atoms with Gasteiger partial charge in [-0.15, -0.1) is 11.8 Å². The molecule has 0 aromatic heterocycles. The summed E-state index contributed by atoms with van der Waals surface area (Å²) in [5, 5.41) is 1.23. The molecule has 1 amide bonds. The fourth-order valence-electron chi connectivity index (χ4n) is 1.63. The van der Waals surface area contributed by atoms with Crippen LogP contribution in [0.1, 0.15) is 5.56 Å². The molecule has 0 heterocycles. The highest BCUT2D eigenvalue weighted by Gasteiger charge is 2.07. The fourth-order valence-corrected chi connectivity index (χ4v) is 2.68. The van der Waals surface area contributed by atoms with Crippen LogP contribution in [0.2, 0.25) is 10.0 Å². The van der Waals surface area contributed by atoms with Crippen LogP contribution < -0.4 is 10.5 Å². The van der Waals surface area contributed by atoms with Crippen LogP contribution in [0, 0.1) is 0 Å². The van der Waals surface area contributed by atoms with Crippen LogP contribution in [0.5, 0.6) is 11.5 Å². The topological polar surface area (TPSA) is 52.3 Å². The van der Waals surface area contributed by atoms with Crippen molar-refractivity contribution in [2.24, 2.45) is 5.73 Å². The van der Waals surface area contributed by atoms with Gasteiger partial charge in [-0.05, 0) is 36.4 Å². The lowest BCUT2D eigenvalue weighted by atomic mass is 10.2. The smallest absolute Gasteiger partial charge is 0.227 e. The Bertz CT molecular complexity index is 632. The number of benzene rings is 2. The highest BCUT2D eigenvalue weighted by atomic mass is 35.5. The van der Waals surface area contributed by atoms with E-state index in [1.807, 2.05) is 6.07 Å². The summed E-state index contributed by atoms with van der Waals surface area (Å²) in [7, 11) is 0. The number of carbonyl (C=O) groups excluding carboxylic acids is 1. The third-order valence-corrected chi connectivity index (χ3v) is 4.06. The van der Waals surface area contributed by atoms with Crippen LogP contribution in [-0.4, -0.2) is 11.7 Å². The Hall–Kier alpha value is -1.36. The first-order valence-corrected chi connectivity index (χ1v) is 8.03. The van der Waals surface area contributed by atoms with E-state index in [4.69, 9.17) is 33.7 Å². The molecule has 0 aliphatic heterocycles. The van der Waals surface area contributed by atoms with Gasteiger partial charge in [-0.1, -0.05) is 29.3 Å². The van der Waals surface area contributed by atoms with Crippen LogP contribution in [0.4, 0.5) is 0 Å². The summed E-state index contributed by atoms with van der Waals surface area (Å²) >= 11 is 13.3. The number of thioether (sulfide) groups is 1. The first-order valence-electron chi connectivity index (χ1n) is 6.12.